The first-order valence-corrected chi connectivity index (χ1v) is 9.63. The van der Waals surface area contributed by atoms with Gasteiger partial charge in [0.25, 0.3) is 0 Å². The maximum atomic E-state index is 12.1. The van der Waals surface area contributed by atoms with Crippen molar-refractivity contribution in [2.45, 2.75) is 12.8 Å². The minimum Gasteiger partial charge on any atom is -0.481 e. The normalized spacial score (nSPS) is 11.0. The molecule has 0 aromatic heterocycles. The van der Waals surface area contributed by atoms with Gasteiger partial charge in [-0.2, -0.15) is 0 Å². The molecule has 154 valence electrons. The van der Waals surface area contributed by atoms with Crippen LogP contribution in [0, 0.1) is 0 Å². The van der Waals surface area contributed by atoms with Crippen molar-refractivity contribution in [3.8, 4) is 11.1 Å². The highest BCUT2D eigenvalue weighted by molar-refractivity contribution is 6.17. The molecule has 0 spiro atoms. The summed E-state index contributed by atoms with van der Waals surface area (Å²) in [5, 5.41) is 31.4. The van der Waals surface area contributed by atoms with E-state index in [2.05, 4.69) is 0 Å². The summed E-state index contributed by atoms with van der Waals surface area (Å²) in [5.41, 5.74) is 1.52. The molecule has 0 radical (unpaired) electrons. The lowest BCUT2D eigenvalue weighted by Crippen LogP contribution is -2.06. The van der Waals surface area contributed by atoms with Crippen molar-refractivity contribution in [3.63, 3.8) is 0 Å². The Morgan fingerprint density at radius 2 is 1.23 bits per heavy atom. The number of fused-ring (bicyclic) bond motifs is 2. The Balaban J connectivity index is 2.08. The highest BCUT2D eigenvalue weighted by Crippen LogP contribution is 2.39. The molecule has 0 aliphatic rings. The third-order valence-corrected chi connectivity index (χ3v) is 5.35. The number of aromatic carboxylic acids is 2. The molecule has 0 heterocycles. The lowest BCUT2D eigenvalue weighted by Gasteiger charge is -2.16. The van der Waals surface area contributed by atoms with Crippen LogP contribution in [0.15, 0.2) is 66.7 Å². The van der Waals surface area contributed by atoms with Crippen LogP contribution in [0.3, 0.4) is 0 Å². The number of carboxylic acids is 3. The van der Waals surface area contributed by atoms with Gasteiger partial charge in [0.1, 0.15) is 0 Å². The third kappa shape index (κ3) is 3.71. The number of hydrogen-bond donors (Lipinski definition) is 3. The van der Waals surface area contributed by atoms with Crippen LogP contribution in [-0.2, 0) is 11.2 Å². The second kappa shape index (κ2) is 7.91. The van der Waals surface area contributed by atoms with Gasteiger partial charge in [-0.05, 0) is 45.7 Å². The van der Waals surface area contributed by atoms with Gasteiger partial charge in [-0.25, -0.2) is 9.59 Å². The van der Waals surface area contributed by atoms with Crippen LogP contribution in [0.5, 0.6) is 0 Å². The van der Waals surface area contributed by atoms with Gasteiger partial charge in [-0.3, -0.25) is 4.79 Å². The van der Waals surface area contributed by atoms with Gasteiger partial charge in [0.2, 0.25) is 0 Å². The quantitative estimate of drug-likeness (QED) is 0.406. The molecule has 0 atom stereocenters. The van der Waals surface area contributed by atoms with E-state index in [1.165, 1.54) is 12.1 Å². The second-order valence-corrected chi connectivity index (χ2v) is 7.26. The molecule has 4 aromatic rings. The minimum absolute atomic E-state index is 0.00430. The first-order chi connectivity index (χ1) is 14.9. The molecule has 6 nitrogen and oxygen atoms in total. The van der Waals surface area contributed by atoms with Gasteiger partial charge in [0.05, 0.1) is 11.1 Å². The topological polar surface area (TPSA) is 112 Å². The van der Waals surface area contributed by atoms with Gasteiger partial charge in [0, 0.05) is 17.5 Å². The van der Waals surface area contributed by atoms with E-state index in [4.69, 9.17) is 5.11 Å². The summed E-state index contributed by atoms with van der Waals surface area (Å²) in [7, 11) is 0. The van der Waals surface area contributed by atoms with Crippen molar-refractivity contribution in [1.82, 2.24) is 0 Å². The Kier molecular flexibility index (Phi) is 5.13. The fourth-order valence-corrected chi connectivity index (χ4v) is 3.95. The van der Waals surface area contributed by atoms with E-state index in [1.807, 2.05) is 18.2 Å². The number of carbonyl (C=O) groups is 3. The molecule has 0 aliphatic carbocycles. The zero-order chi connectivity index (χ0) is 22.1. The van der Waals surface area contributed by atoms with E-state index >= 15 is 0 Å². The zero-order valence-corrected chi connectivity index (χ0v) is 16.3. The van der Waals surface area contributed by atoms with Crippen molar-refractivity contribution < 1.29 is 29.7 Å². The lowest BCUT2D eigenvalue weighted by atomic mass is 9.86. The summed E-state index contributed by atoms with van der Waals surface area (Å²) in [5.74, 6) is -3.20. The molecule has 0 saturated carbocycles. The monoisotopic (exact) mass is 414 g/mol. The van der Waals surface area contributed by atoms with Crippen LogP contribution in [0.25, 0.3) is 32.7 Å². The molecule has 0 aliphatic heterocycles. The van der Waals surface area contributed by atoms with Crippen LogP contribution < -0.4 is 0 Å². The highest BCUT2D eigenvalue weighted by Gasteiger charge is 2.22. The molecule has 4 rings (SSSR count). The smallest absolute Gasteiger partial charge is 0.336 e. The lowest BCUT2D eigenvalue weighted by molar-refractivity contribution is -0.136. The maximum Gasteiger partial charge on any atom is 0.336 e. The highest BCUT2D eigenvalue weighted by atomic mass is 16.4. The van der Waals surface area contributed by atoms with Crippen molar-refractivity contribution >= 4 is 39.5 Å². The molecular weight excluding hydrogens is 396 g/mol. The average Bonchev–Trinajstić information content (AvgIpc) is 2.75. The SMILES string of the molecule is O=C(O)CCc1ccc2c(-c3c(C(=O)O)ccc4ccccc34)c(C(=O)O)ccc2c1. The Bertz CT molecular complexity index is 1370. The summed E-state index contributed by atoms with van der Waals surface area (Å²) in [6.07, 6.45) is 0.327. The van der Waals surface area contributed by atoms with Crippen LogP contribution in [0.2, 0.25) is 0 Å². The zero-order valence-electron chi connectivity index (χ0n) is 16.3. The average molecular weight is 414 g/mol. The van der Waals surface area contributed by atoms with Crippen molar-refractivity contribution in [1.29, 1.82) is 0 Å². The fraction of sp³-hybridized carbons (Fsp3) is 0.0800. The molecule has 0 unspecified atom stereocenters. The molecule has 0 saturated heterocycles. The van der Waals surface area contributed by atoms with E-state index < -0.39 is 17.9 Å². The number of aliphatic carboxylic acids is 1. The number of aryl methyl sites for hydroxylation is 1. The summed E-state index contributed by atoms with van der Waals surface area (Å²) in [4.78, 5) is 35.0. The number of benzene rings is 4. The van der Waals surface area contributed by atoms with E-state index in [9.17, 15) is 24.6 Å². The number of rotatable bonds is 6. The Morgan fingerprint density at radius 1 is 0.645 bits per heavy atom. The Morgan fingerprint density at radius 3 is 1.84 bits per heavy atom. The largest absolute Gasteiger partial charge is 0.481 e. The fourth-order valence-electron chi connectivity index (χ4n) is 3.95. The molecule has 0 amide bonds. The summed E-state index contributed by atoms with van der Waals surface area (Å²) >= 11 is 0. The van der Waals surface area contributed by atoms with E-state index in [0.29, 0.717) is 33.7 Å². The summed E-state index contributed by atoms with van der Waals surface area (Å²) in [6, 6.07) is 18.9. The van der Waals surface area contributed by atoms with Gasteiger partial charge in [-0.15, -0.1) is 0 Å². The minimum atomic E-state index is -1.16. The first kappa shape index (κ1) is 20.1. The van der Waals surface area contributed by atoms with Gasteiger partial charge in [0.15, 0.2) is 0 Å². The van der Waals surface area contributed by atoms with Gasteiger partial charge >= 0.3 is 17.9 Å². The van der Waals surface area contributed by atoms with Gasteiger partial charge in [-0.1, -0.05) is 54.6 Å². The molecule has 31 heavy (non-hydrogen) atoms. The van der Waals surface area contributed by atoms with Crippen LogP contribution in [0.1, 0.15) is 32.7 Å². The molecule has 0 bridgehead atoms. The second-order valence-electron chi connectivity index (χ2n) is 7.26. The molecular formula is C25H18O6. The summed E-state index contributed by atoms with van der Waals surface area (Å²) in [6.45, 7) is 0. The van der Waals surface area contributed by atoms with Gasteiger partial charge < -0.3 is 15.3 Å². The van der Waals surface area contributed by atoms with Crippen molar-refractivity contribution in [2.24, 2.45) is 0 Å². The van der Waals surface area contributed by atoms with E-state index in [1.54, 1.807) is 36.4 Å². The summed E-state index contributed by atoms with van der Waals surface area (Å²) < 4.78 is 0. The molecule has 0 fully saturated rings. The first-order valence-electron chi connectivity index (χ1n) is 9.63. The molecule has 6 heteroatoms. The Labute approximate surface area is 177 Å². The van der Waals surface area contributed by atoms with E-state index in [0.717, 1.165) is 10.9 Å². The molecule has 3 N–H and O–H groups in total. The standard InChI is InChI=1S/C25H18O6/c26-21(27)12-6-14-5-9-18-16(13-14)8-11-20(25(30)31)23(18)22-17-4-2-1-3-15(17)7-10-19(22)24(28)29/h1-5,7-11,13H,6,12H2,(H,26,27)(H,28,29)(H,30,31). The van der Waals surface area contributed by atoms with Crippen LogP contribution >= 0.6 is 0 Å². The Hall–Kier alpha value is -4.19. The third-order valence-electron chi connectivity index (χ3n) is 5.35. The predicted octanol–water partition coefficient (Wildman–Crippen LogP) is 5.07. The number of carboxylic acid groups (broad SMARTS) is 3. The van der Waals surface area contributed by atoms with Crippen molar-refractivity contribution in [3.05, 3.63) is 83.4 Å². The van der Waals surface area contributed by atoms with Crippen LogP contribution in [0.4, 0.5) is 0 Å². The predicted molar refractivity (Wildman–Crippen MR) is 117 cm³/mol. The van der Waals surface area contributed by atoms with Crippen molar-refractivity contribution in [2.75, 3.05) is 0 Å². The van der Waals surface area contributed by atoms with E-state index in [-0.39, 0.29) is 17.5 Å². The number of hydrogen-bond acceptors (Lipinski definition) is 3. The molecule has 4 aromatic carbocycles. The van der Waals surface area contributed by atoms with Crippen LogP contribution in [-0.4, -0.2) is 33.2 Å². The maximum absolute atomic E-state index is 12.1.